The molecule has 0 bridgehead atoms. The number of unbranched alkanes of at least 4 members (excludes halogenated alkanes) is 3. The van der Waals surface area contributed by atoms with Crippen molar-refractivity contribution < 1.29 is 13.9 Å². The van der Waals surface area contributed by atoms with E-state index in [1.165, 1.54) is 31.4 Å². The largest absolute Gasteiger partial charge is 0.445 e. The van der Waals surface area contributed by atoms with Crippen LogP contribution in [-0.2, 0) is 11.3 Å². The lowest BCUT2D eigenvalue weighted by Gasteiger charge is -2.34. The SMILES string of the molecule is [CH2]CCCCCN1CCN(C(=O)OCc2ccc(F)cc2)CC1. The fourth-order valence-electron chi connectivity index (χ4n) is 2.66. The van der Waals surface area contributed by atoms with Gasteiger partial charge in [0.1, 0.15) is 12.4 Å². The van der Waals surface area contributed by atoms with Crippen LogP contribution in [0, 0.1) is 12.7 Å². The fraction of sp³-hybridized carbons (Fsp3) is 0.556. The van der Waals surface area contributed by atoms with E-state index in [9.17, 15) is 9.18 Å². The Kier molecular flexibility index (Phi) is 7.33. The molecule has 23 heavy (non-hydrogen) atoms. The highest BCUT2D eigenvalue weighted by Gasteiger charge is 2.21. The highest BCUT2D eigenvalue weighted by molar-refractivity contribution is 5.67. The maximum Gasteiger partial charge on any atom is 0.410 e. The quantitative estimate of drug-likeness (QED) is 0.721. The van der Waals surface area contributed by atoms with Crippen LogP contribution in [0.5, 0.6) is 0 Å². The zero-order valence-electron chi connectivity index (χ0n) is 13.7. The molecule has 0 aliphatic carbocycles. The Morgan fingerprint density at radius 2 is 1.78 bits per heavy atom. The molecule has 1 aromatic carbocycles. The van der Waals surface area contributed by atoms with Crippen LogP contribution in [0.3, 0.4) is 0 Å². The molecule has 1 heterocycles. The number of benzene rings is 1. The second-order valence-electron chi connectivity index (χ2n) is 5.92. The van der Waals surface area contributed by atoms with Gasteiger partial charge < -0.3 is 9.64 Å². The molecule has 5 heteroatoms. The van der Waals surface area contributed by atoms with E-state index in [1.54, 1.807) is 17.0 Å². The van der Waals surface area contributed by atoms with Crippen molar-refractivity contribution in [2.24, 2.45) is 0 Å². The van der Waals surface area contributed by atoms with Gasteiger partial charge in [-0.15, -0.1) is 0 Å². The van der Waals surface area contributed by atoms with Crippen molar-refractivity contribution in [1.82, 2.24) is 9.80 Å². The van der Waals surface area contributed by atoms with Gasteiger partial charge in [-0.25, -0.2) is 9.18 Å². The summed E-state index contributed by atoms with van der Waals surface area (Å²) in [6, 6.07) is 6.01. The summed E-state index contributed by atoms with van der Waals surface area (Å²) >= 11 is 0. The van der Waals surface area contributed by atoms with Crippen LogP contribution in [-0.4, -0.2) is 48.6 Å². The summed E-state index contributed by atoms with van der Waals surface area (Å²) in [6.07, 6.45) is 4.34. The Morgan fingerprint density at radius 3 is 2.43 bits per heavy atom. The van der Waals surface area contributed by atoms with E-state index in [2.05, 4.69) is 11.8 Å². The van der Waals surface area contributed by atoms with Crippen LogP contribution in [0.25, 0.3) is 0 Å². The molecule has 2 rings (SSSR count). The topological polar surface area (TPSA) is 32.8 Å². The minimum absolute atomic E-state index is 0.185. The molecule has 0 spiro atoms. The van der Waals surface area contributed by atoms with Gasteiger partial charge in [-0.1, -0.05) is 38.3 Å². The molecule has 1 fully saturated rings. The van der Waals surface area contributed by atoms with Crippen LogP contribution in [0.1, 0.15) is 31.2 Å². The van der Waals surface area contributed by atoms with E-state index >= 15 is 0 Å². The lowest BCUT2D eigenvalue weighted by molar-refractivity contribution is 0.0713. The lowest BCUT2D eigenvalue weighted by atomic mass is 10.2. The van der Waals surface area contributed by atoms with Gasteiger partial charge in [0, 0.05) is 26.2 Å². The Balaban J connectivity index is 1.64. The highest BCUT2D eigenvalue weighted by atomic mass is 19.1. The van der Waals surface area contributed by atoms with Crippen molar-refractivity contribution in [3.8, 4) is 0 Å². The zero-order chi connectivity index (χ0) is 16.5. The summed E-state index contributed by atoms with van der Waals surface area (Å²) in [5.41, 5.74) is 0.795. The molecule has 1 radical (unpaired) electrons. The predicted octanol–water partition coefficient (Wildman–Crippen LogP) is 3.47. The maximum absolute atomic E-state index is 12.8. The van der Waals surface area contributed by atoms with Gasteiger partial charge in [0.2, 0.25) is 0 Å². The molecular weight excluding hydrogens is 295 g/mol. The third-order valence-electron chi connectivity index (χ3n) is 4.13. The molecule has 1 amide bonds. The number of piperazine rings is 1. The maximum atomic E-state index is 12.8. The van der Waals surface area contributed by atoms with Crippen LogP contribution in [0.2, 0.25) is 0 Å². The molecule has 0 N–H and O–H groups in total. The first-order chi connectivity index (χ1) is 11.2. The summed E-state index contributed by atoms with van der Waals surface area (Å²) in [6.45, 7) is 8.34. The van der Waals surface area contributed by atoms with Crippen LogP contribution in [0.15, 0.2) is 24.3 Å². The number of carbonyl (C=O) groups excluding carboxylic acids is 1. The summed E-state index contributed by atoms with van der Waals surface area (Å²) in [4.78, 5) is 16.2. The van der Waals surface area contributed by atoms with E-state index in [4.69, 9.17) is 4.74 Å². The first kappa shape index (κ1) is 17.7. The number of ether oxygens (including phenoxy) is 1. The van der Waals surface area contributed by atoms with Gasteiger partial charge in [0.05, 0.1) is 0 Å². The van der Waals surface area contributed by atoms with Crippen molar-refractivity contribution in [2.75, 3.05) is 32.7 Å². The van der Waals surface area contributed by atoms with Crippen molar-refractivity contribution >= 4 is 6.09 Å². The molecule has 1 aliphatic rings. The Labute approximate surface area is 138 Å². The van der Waals surface area contributed by atoms with E-state index in [-0.39, 0.29) is 18.5 Å². The number of hydrogen-bond donors (Lipinski definition) is 0. The second kappa shape index (κ2) is 9.50. The molecule has 1 aliphatic heterocycles. The van der Waals surface area contributed by atoms with Crippen molar-refractivity contribution in [3.05, 3.63) is 42.6 Å². The van der Waals surface area contributed by atoms with Gasteiger partial charge in [-0.05, 0) is 30.7 Å². The summed E-state index contributed by atoms with van der Waals surface area (Å²) in [5.74, 6) is -0.286. The van der Waals surface area contributed by atoms with Crippen LogP contribution >= 0.6 is 0 Å². The molecule has 0 aromatic heterocycles. The van der Waals surface area contributed by atoms with Gasteiger partial charge in [0.15, 0.2) is 0 Å². The third-order valence-corrected chi connectivity index (χ3v) is 4.13. The monoisotopic (exact) mass is 321 g/mol. The number of halogens is 1. The normalized spacial score (nSPS) is 15.7. The number of amides is 1. The average molecular weight is 321 g/mol. The summed E-state index contributed by atoms with van der Waals surface area (Å²) < 4.78 is 18.1. The number of carbonyl (C=O) groups is 1. The molecular formula is C18H26FN2O2. The Morgan fingerprint density at radius 1 is 1.09 bits per heavy atom. The molecule has 1 saturated heterocycles. The van der Waals surface area contributed by atoms with Gasteiger partial charge in [0.25, 0.3) is 0 Å². The highest BCUT2D eigenvalue weighted by Crippen LogP contribution is 2.09. The van der Waals surface area contributed by atoms with Crippen molar-refractivity contribution in [3.63, 3.8) is 0 Å². The van der Waals surface area contributed by atoms with E-state index in [0.717, 1.165) is 31.6 Å². The van der Waals surface area contributed by atoms with E-state index in [0.29, 0.717) is 13.1 Å². The second-order valence-corrected chi connectivity index (χ2v) is 5.92. The number of hydrogen-bond acceptors (Lipinski definition) is 3. The number of nitrogens with zero attached hydrogens (tertiary/aromatic N) is 2. The van der Waals surface area contributed by atoms with E-state index in [1.807, 2.05) is 0 Å². The Hall–Kier alpha value is -1.62. The summed E-state index contributed by atoms with van der Waals surface area (Å²) in [5, 5.41) is 0. The summed E-state index contributed by atoms with van der Waals surface area (Å²) in [7, 11) is 0. The van der Waals surface area contributed by atoms with Crippen LogP contribution < -0.4 is 0 Å². The molecule has 1 aromatic rings. The smallest absolute Gasteiger partial charge is 0.410 e. The molecule has 0 saturated carbocycles. The van der Waals surface area contributed by atoms with Gasteiger partial charge in [-0.3, -0.25) is 4.90 Å². The zero-order valence-corrected chi connectivity index (χ0v) is 13.7. The van der Waals surface area contributed by atoms with Gasteiger partial charge in [-0.2, -0.15) is 0 Å². The van der Waals surface area contributed by atoms with Crippen molar-refractivity contribution in [1.29, 1.82) is 0 Å². The fourth-order valence-corrected chi connectivity index (χ4v) is 2.66. The van der Waals surface area contributed by atoms with Gasteiger partial charge >= 0.3 is 6.09 Å². The minimum Gasteiger partial charge on any atom is -0.445 e. The standard InChI is InChI=1S/C18H26FN2O2/c1-2-3-4-5-10-20-11-13-21(14-12-20)18(22)23-15-16-6-8-17(19)9-7-16/h6-9H,1-5,10-15H2. The molecule has 127 valence electrons. The lowest BCUT2D eigenvalue weighted by Crippen LogP contribution is -2.48. The molecule has 4 nitrogen and oxygen atoms in total. The first-order valence-corrected chi connectivity index (χ1v) is 8.37. The van der Waals surface area contributed by atoms with Crippen LogP contribution in [0.4, 0.5) is 9.18 Å². The molecule has 0 unspecified atom stereocenters. The average Bonchev–Trinajstić information content (AvgIpc) is 2.58. The third kappa shape index (κ3) is 6.18. The van der Waals surface area contributed by atoms with Crippen molar-refractivity contribution in [2.45, 2.75) is 32.3 Å². The number of rotatable bonds is 7. The molecule has 0 atom stereocenters. The van der Waals surface area contributed by atoms with E-state index < -0.39 is 0 Å². The first-order valence-electron chi connectivity index (χ1n) is 8.37. The predicted molar refractivity (Wildman–Crippen MR) is 88.4 cm³/mol. The Bertz CT molecular complexity index is 470. The minimum atomic E-state index is -0.286.